The van der Waals surface area contributed by atoms with Gasteiger partial charge in [-0.1, -0.05) is 0 Å². The number of rotatable bonds is 4. The topological polar surface area (TPSA) is 32.3 Å². The Kier molecular flexibility index (Phi) is 4.60. The molecule has 1 aliphatic carbocycles. The molecule has 2 aliphatic rings. The highest BCUT2D eigenvalue weighted by atomic mass is 79.9. The Morgan fingerprint density at radius 1 is 1.29 bits per heavy atom. The minimum absolute atomic E-state index is 0.0255. The summed E-state index contributed by atoms with van der Waals surface area (Å²) in [5.41, 5.74) is 0.455. The minimum Gasteiger partial charge on any atom is -0.335 e. The second-order valence-electron chi connectivity index (χ2n) is 6.01. The third kappa shape index (κ3) is 3.64. The van der Waals surface area contributed by atoms with Crippen LogP contribution in [0.5, 0.6) is 0 Å². The number of hydrogen-bond acceptors (Lipinski definition) is 2. The molecule has 21 heavy (non-hydrogen) atoms. The average Bonchev–Trinajstić information content (AvgIpc) is 3.33. The van der Waals surface area contributed by atoms with E-state index in [1.807, 2.05) is 4.90 Å². The molecule has 0 atom stereocenters. The molecule has 0 radical (unpaired) electrons. The molecule has 3 nitrogen and oxygen atoms in total. The Labute approximate surface area is 133 Å². The van der Waals surface area contributed by atoms with E-state index in [4.69, 9.17) is 0 Å². The van der Waals surface area contributed by atoms with Crippen LogP contribution in [0.4, 0.5) is 4.39 Å². The van der Waals surface area contributed by atoms with Crippen LogP contribution < -0.4 is 5.32 Å². The van der Waals surface area contributed by atoms with E-state index >= 15 is 0 Å². The SMILES string of the molecule is O=C(c1ccc(Br)c(F)c1)N(CC1CCNCC1)C1CC1. The van der Waals surface area contributed by atoms with E-state index in [9.17, 15) is 9.18 Å². The Bertz CT molecular complexity index is 527. The number of carbonyl (C=O) groups is 1. The van der Waals surface area contributed by atoms with Crippen LogP contribution in [-0.2, 0) is 0 Å². The zero-order chi connectivity index (χ0) is 14.8. The number of hydrogen-bond donors (Lipinski definition) is 1. The summed E-state index contributed by atoms with van der Waals surface area (Å²) in [7, 11) is 0. The molecular weight excluding hydrogens is 335 g/mol. The van der Waals surface area contributed by atoms with Crippen molar-refractivity contribution < 1.29 is 9.18 Å². The van der Waals surface area contributed by atoms with Crippen molar-refractivity contribution in [2.45, 2.75) is 31.7 Å². The van der Waals surface area contributed by atoms with Crippen LogP contribution >= 0.6 is 15.9 Å². The Balaban J connectivity index is 1.73. The van der Waals surface area contributed by atoms with Crippen molar-refractivity contribution in [3.8, 4) is 0 Å². The van der Waals surface area contributed by atoms with E-state index in [2.05, 4.69) is 21.2 Å². The maximum atomic E-state index is 13.7. The van der Waals surface area contributed by atoms with Crippen LogP contribution in [0.1, 0.15) is 36.0 Å². The summed E-state index contributed by atoms with van der Waals surface area (Å²) in [6, 6.07) is 5.01. The highest BCUT2D eigenvalue weighted by Crippen LogP contribution is 2.31. The molecule has 3 rings (SSSR count). The Morgan fingerprint density at radius 2 is 2.00 bits per heavy atom. The molecule has 1 aliphatic heterocycles. The lowest BCUT2D eigenvalue weighted by molar-refractivity contribution is 0.0701. The molecule has 1 saturated heterocycles. The molecule has 5 heteroatoms. The second kappa shape index (κ2) is 6.44. The van der Waals surface area contributed by atoms with Crippen molar-refractivity contribution in [2.75, 3.05) is 19.6 Å². The molecule has 0 spiro atoms. The van der Waals surface area contributed by atoms with Crippen LogP contribution in [0.15, 0.2) is 22.7 Å². The van der Waals surface area contributed by atoms with Gasteiger partial charge in [0.25, 0.3) is 5.91 Å². The van der Waals surface area contributed by atoms with E-state index < -0.39 is 0 Å². The van der Waals surface area contributed by atoms with Gasteiger partial charge in [0.05, 0.1) is 4.47 Å². The van der Waals surface area contributed by atoms with Crippen molar-refractivity contribution in [1.29, 1.82) is 0 Å². The smallest absolute Gasteiger partial charge is 0.254 e. The van der Waals surface area contributed by atoms with Gasteiger partial charge in [0.15, 0.2) is 0 Å². The van der Waals surface area contributed by atoms with Crippen molar-refractivity contribution in [3.05, 3.63) is 34.1 Å². The van der Waals surface area contributed by atoms with Gasteiger partial charge >= 0.3 is 0 Å². The number of benzene rings is 1. The number of nitrogens with zero attached hydrogens (tertiary/aromatic N) is 1. The molecule has 1 amide bonds. The van der Waals surface area contributed by atoms with Crippen molar-refractivity contribution in [3.63, 3.8) is 0 Å². The summed E-state index contributed by atoms with van der Waals surface area (Å²) in [6.45, 7) is 2.87. The van der Waals surface area contributed by atoms with Crippen LogP contribution in [0.2, 0.25) is 0 Å². The predicted molar refractivity (Wildman–Crippen MR) is 83.8 cm³/mol. The summed E-state index contributed by atoms with van der Waals surface area (Å²) in [5.74, 6) is 0.164. The lowest BCUT2D eigenvalue weighted by Gasteiger charge is -2.30. The highest BCUT2D eigenvalue weighted by Gasteiger charge is 2.34. The fourth-order valence-electron chi connectivity index (χ4n) is 2.92. The minimum atomic E-state index is -0.376. The molecule has 1 N–H and O–H groups in total. The first-order valence-corrected chi connectivity index (χ1v) is 8.41. The molecule has 1 saturated carbocycles. The number of piperidine rings is 1. The van der Waals surface area contributed by atoms with Crippen LogP contribution in [0, 0.1) is 11.7 Å². The van der Waals surface area contributed by atoms with E-state index in [0.29, 0.717) is 22.0 Å². The summed E-state index contributed by atoms with van der Waals surface area (Å²) in [6.07, 6.45) is 4.39. The first kappa shape index (κ1) is 15.0. The fourth-order valence-corrected chi connectivity index (χ4v) is 3.17. The summed E-state index contributed by atoms with van der Waals surface area (Å²) in [4.78, 5) is 14.7. The molecular formula is C16H20BrFN2O. The summed E-state index contributed by atoms with van der Waals surface area (Å²) in [5, 5.41) is 3.35. The average molecular weight is 355 g/mol. The van der Waals surface area contributed by atoms with Gasteiger partial charge in [-0.05, 0) is 78.8 Å². The summed E-state index contributed by atoms with van der Waals surface area (Å²) >= 11 is 3.13. The molecule has 0 bridgehead atoms. The highest BCUT2D eigenvalue weighted by molar-refractivity contribution is 9.10. The number of amides is 1. The largest absolute Gasteiger partial charge is 0.335 e. The van der Waals surface area contributed by atoms with Crippen molar-refractivity contribution in [1.82, 2.24) is 10.2 Å². The predicted octanol–water partition coefficient (Wildman–Crippen LogP) is 3.19. The zero-order valence-electron chi connectivity index (χ0n) is 11.9. The third-order valence-electron chi connectivity index (χ3n) is 4.33. The van der Waals surface area contributed by atoms with Crippen LogP contribution in [0.25, 0.3) is 0 Å². The maximum absolute atomic E-state index is 13.7. The first-order chi connectivity index (χ1) is 10.1. The monoisotopic (exact) mass is 354 g/mol. The van der Waals surface area contributed by atoms with Crippen LogP contribution in [-0.4, -0.2) is 36.5 Å². The first-order valence-electron chi connectivity index (χ1n) is 7.62. The summed E-state index contributed by atoms with van der Waals surface area (Å²) < 4.78 is 14.1. The third-order valence-corrected chi connectivity index (χ3v) is 4.97. The van der Waals surface area contributed by atoms with Gasteiger partial charge in [-0.3, -0.25) is 4.79 Å². The Hall–Kier alpha value is -0.940. The van der Waals surface area contributed by atoms with Gasteiger partial charge in [0.1, 0.15) is 5.82 Å². The van der Waals surface area contributed by atoms with E-state index in [-0.39, 0.29) is 11.7 Å². The molecule has 1 aromatic carbocycles. The van der Waals surface area contributed by atoms with E-state index in [1.54, 1.807) is 12.1 Å². The molecule has 2 fully saturated rings. The standard InChI is InChI=1S/C16H20BrFN2O/c17-14-4-1-12(9-15(14)18)16(21)20(13-2-3-13)10-11-5-7-19-8-6-11/h1,4,9,11,13,19H,2-3,5-8,10H2. The van der Waals surface area contributed by atoms with Crippen molar-refractivity contribution >= 4 is 21.8 Å². The maximum Gasteiger partial charge on any atom is 0.254 e. The van der Waals surface area contributed by atoms with Gasteiger partial charge in [-0.25, -0.2) is 4.39 Å². The molecule has 114 valence electrons. The lowest BCUT2D eigenvalue weighted by Crippen LogP contribution is -2.40. The van der Waals surface area contributed by atoms with E-state index in [1.165, 1.54) is 6.07 Å². The quantitative estimate of drug-likeness (QED) is 0.900. The van der Waals surface area contributed by atoms with Crippen molar-refractivity contribution in [2.24, 2.45) is 5.92 Å². The van der Waals surface area contributed by atoms with E-state index in [0.717, 1.165) is 45.3 Å². The van der Waals surface area contributed by atoms with Gasteiger partial charge in [0, 0.05) is 18.2 Å². The number of nitrogens with one attached hydrogen (secondary N) is 1. The normalized spacial score (nSPS) is 19.5. The number of halogens is 2. The lowest BCUT2D eigenvalue weighted by atomic mass is 9.97. The molecule has 0 unspecified atom stereocenters. The van der Waals surface area contributed by atoms with Crippen LogP contribution in [0.3, 0.4) is 0 Å². The zero-order valence-corrected chi connectivity index (χ0v) is 13.5. The Morgan fingerprint density at radius 3 is 2.62 bits per heavy atom. The molecule has 0 aromatic heterocycles. The van der Waals surface area contributed by atoms with Gasteiger partial charge in [-0.2, -0.15) is 0 Å². The van der Waals surface area contributed by atoms with Gasteiger partial charge < -0.3 is 10.2 Å². The number of carbonyl (C=O) groups excluding carboxylic acids is 1. The second-order valence-corrected chi connectivity index (χ2v) is 6.87. The fraction of sp³-hybridized carbons (Fsp3) is 0.562. The molecule has 1 heterocycles. The van der Waals surface area contributed by atoms with Gasteiger partial charge in [-0.15, -0.1) is 0 Å². The van der Waals surface area contributed by atoms with Gasteiger partial charge in [0.2, 0.25) is 0 Å². The molecule has 1 aromatic rings.